The van der Waals surface area contributed by atoms with Crippen molar-refractivity contribution in [2.24, 2.45) is 7.05 Å². The Morgan fingerprint density at radius 2 is 1.95 bits per heavy atom. The summed E-state index contributed by atoms with van der Waals surface area (Å²) in [6.07, 6.45) is 3.52. The number of aryl methyl sites for hydroxylation is 1. The summed E-state index contributed by atoms with van der Waals surface area (Å²) in [5.41, 5.74) is 13.6. The maximum Gasteiger partial charge on any atom is 0.222 e. The van der Waals surface area contributed by atoms with Crippen molar-refractivity contribution in [1.82, 2.24) is 14.5 Å². The van der Waals surface area contributed by atoms with Gasteiger partial charge in [0.1, 0.15) is 5.75 Å². The van der Waals surface area contributed by atoms with Gasteiger partial charge in [-0.05, 0) is 29.7 Å². The summed E-state index contributed by atoms with van der Waals surface area (Å²) in [7, 11) is 2.03. The van der Waals surface area contributed by atoms with Crippen molar-refractivity contribution in [2.75, 3.05) is 11.5 Å². The fourth-order valence-electron chi connectivity index (χ4n) is 2.45. The first kappa shape index (κ1) is 14.2. The number of nitrogens with zero attached hydrogens (tertiary/aromatic N) is 3. The van der Waals surface area contributed by atoms with Gasteiger partial charge in [0.15, 0.2) is 11.6 Å². The van der Waals surface area contributed by atoms with Crippen LogP contribution in [0.15, 0.2) is 30.6 Å². The lowest BCUT2D eigenvalue weighted by Gasteiger charge is -2.15. The second-order valence-corrected chi connectivity index (χ2v) is 5.61. The van der Waals surface area contributed by atoms with E-state index in [0.29, 0.717) is 11.7 Å². The van der Waals surface area contributed by atoms with Crippen molar-refractivity contribution < 1.29 is 4.74 Å². The molecule has 0 bridgehead atoms. The standard InChI is InChI=1S/C16H19N5O/c1-9(2)11-7-12-10(4-5-21(12)3)6-13(11)22-14-8-19-16(18)20-15(14)17/h4-9H,1-3H3,(H4,17,18,19,20). The molecule has 22 heavy (non-hydrogen) atoms. The van der Waals surface area contributed by atoms with Crippen LogP contribution >= 0.6 is 0 Å². The number of aromatic nitrogens is 3. The van der Waals surface area contributed by atoms with Gasteiger partial charge in [-0.2, -0.15) is 4.98 Å². The van der Waals surface area contributed by atoms with Crippen molar-refractivity contribution in [3.05, 3.63) is 36.2 Å². The Hall–Kier alpha value is -2.76. The lowest BCUT2D eigenvalue weighted by molar-refractivity contribution is 0.472. The van der Waals surface area contributed by atoms with Gasteiger partial charge in [0, 0.05) is 24.1 Å². The third-order valence-corrected chi connectivity index (χ3v) is 3.66. The zero-order valence-electron chi connectivity index (χ0n) is 12.9. The number of benzene rings is 1. The van der Waals surface area contributed by atoms with Crippen LogP contribution in [0, 0.1) is 0 Å². The van der Waals surface area contributed by atoms with Crippen LogP contribution in [-0.2, 0) is 7.05 Å². The van der Waals surface area contributed by atoms with Crippen molar-refractivity contribution in [3.8, 4) is 11.5 Å². The first-order valence-corrected chi connectivity index (χ1v) is 7.10. The summed E-state index contributed by atoms with van der Waals surface area (Å²) in [5, 5.41) is 1.11. The number of nitrogens with two attached hydrogens (primary N) is 2. The molecule has 0 aliphatic carbocycles. The van der Waals surface area contributed by atoms with E-state index in [0.717, 1.165) is 22.2 Å². The van der Waals surface area contributed by atoms with E-state index in [2.05, 4.69) is 40.5 Å². The highest BCUT2D eigenvalue weighted by Crippen LogP contribution is 2.35. The Kier molecular flexibility index (Phi) is 3.36. The van der Waals surface area contributed by atoms with Gasteiger partial charge in [0.25, 0.3) is 0 Å². The highest BCUT2D eigenvalue weighted by molar-refractivity contribution is 5.83. The highest BCUT2D eigenvalue weighted by Gasteiger charge is 2.14. The Morgan fingerprint density at radius 1 is 1.18 bits per heavy atom. The third-order valence-electron chi connectivity index (χ3n) is 3.66. The normalized spacial score (nSPS) is 11.3. The topological polar surface area (TPSA) is 92.0 Å². The second-order valence-electron chi connectivity index (χ2n) is 5.61. The quantitative estimate of drug-likeness (QED) is 0.775. The molecule has 4 N–H and O–H groups in total. The molecular weight excluding hydrogens is 278 g/mol. The molecule has 3 rings (SSSR count). The average Bonchev–Trinajstić information content (AvgIpc) is 2.82. The molecule has 3 aromatic rings. The Morgan fingerprint density at radius 3 is 2.64 bits per heavy atom. The number of fused-ring (bicyclic) bond motifs is 1. The minimum atomic E-state index is 0.132. The number of hydrogen-bond donors (Lipinski definition) is 2. The molecule has 0 spiro atoms. The van der Waals surface area contributed by atoms with Crippen LogP contribution < -0.4 is 16.2 Å². The predicted octanol–water partition coefficient (Wildman–Crippen LogP) is 3.05. The SMILES string of the molecule is CC(C)c1cc2c(ccn2C)cc1Oc1cnc(N)nc1N. The first-order valence-electron chi connectivity index (χ1n) is 7.10. The molecule has 0 atom stereocenters. The maximum absolute atomic E-state index is 5.96. The lowest BCUT2D eigenvalue weighted by Crippen LogP contribution is -2.02. The van der Waals surface area contributed by atoms with Gasteiger partial charge in [0.05, 0.1) is 6.20 Å². The summed E-state index contributed by atoms with van der Waals surface area (Å²) >= 11 is 0. The van der Waals surface area contributed by atoms with Crippen LogP contribution in [0.3, 0.4) is 0 Å². The van der Waals surface area contributed by atoms with E-state index in [1.165, 1.54) is 6.20 Å². The van der Waals surface area contributed by atoms with E-state index in [9.17, 15) is 0 Å². The molecule has 0 saturated carbocycles. The number of rotatable bonds is 3. The Bertz CT molecular complexity index is 838. The molecule has 2 heterocycles. The van der Waals surface area contributed by atoms with Gasteiger partial charge in [-0.1, -0.05) is 13.8 Å². The summed E-state index contributed by atoms with van der Waals surface area (Å²) < 4.78 is 8.05. The van der Waals surface area contributed by atoms with E-state index in [-0.39, 0.29) is 11.8 Å². The Balaban J connectivity index is 2.10. The second kappa shape index (κ2) is 5.22. The minimum absolute atomic E-state index is 0.132. The molecule has 0 amide bonds. The predicted molar refractivity (Wildman–Crippen MR) is 87.9 cm³/mol. The van der Waals surface area contributed by atoms with E-state index < -0.39 is 0 Å². The largest absolute Gasteiger partial charge is 0.452 e. The van der Waals surface area contributed by atoms with Crippen LogP contribution in [0.4, 0.5) is 11.8 Å². The molecule has 2 aromatic heterocycles. The fraction of sp³-hybridized carbons (Fsp3) is 0.250. The van der Waals surface area contributed by atoms with Crippen LogP contribution in [0.5, 0.6) is 11.5 Å². The van der Waals surface area contributed by atoms with Crippen molar-refractivity contribution in [2.45, 2.75) is 19.8 Å². The number of anilines is 2. The van der Waals surface area contributed by atoms with E-state index in [4.69, 9.17) is 16.2 Å². The van der Waals surface area contributed by atoms with Crippen molar-refractivity contribution in [1.29, 1.82) is 0 Å². The molecule has 1 aromatic carbocycles. The minimum Gasteiger partial charge on any atom is -0.452 e. The van der Waals surface area contributed by atoms with Gasteiger partial charge in [-0.25, -0.2) is 4.98 Å². The Labute approximate surface area is 128 Å². The first-order chi connectivity index (χ1) is 10.5. The van der Waals surface area contributed by atoms with Gasteiger partial charge in [-0.3, -0.25) is 0 Å². The van der Waals surface area contributed by atoms with Crippen LogP contribution in [-0.4, -0.2) is 14.5 Å². The fourth-order valence-corrected chi connectivity index (χ4v) is 2.45. The van der Waals surface area contributed by atoms with Gasteiger partial charge < -0.3 is 20.8 Å². The number of hydrogen-bond acceptors (Lipinski definition) is 5. The van der Waals surface area contributed by atoms with Crippen LogP contribution in [0.2, 0.25) is 0 Å². The number of ether oxygens (including phenoxy) is 1. The molecule has 0 unspecified atom stereocenters. The van der Waals surface area contributed by atoms with E-state index >= 15 is 0 Å². The van der Waals surface area contributed by atoms with E-state index in [1.807, 2.05) is 19.3 Å². The molecule has 114 valence electrons. The molecule has 0 radical (unpaired) electrons. The lowest BCUT2D eigenvalue weighted by atomic mass is 10.0. The van der Waals surface area contributed by atoms with Crippen LogP contribution in [0.1, 0.15) is 25.3 Å². The number of nitrogen functional groups attached to an aromatic ring is 2. The third kappa shape index (κ3) is 2.43. The summed E-state index contributed by atoms with van der Waals surface area (Å²) in [4.78, 5) is 7.86. The molecule has 0 aliphatic rings. The molecular formula is C16H19N5O. The maximum atomic E-state index is 5.96. The molecule has 0 saturated heterocycles. The zero-order valence-corrected chi connectivity index (χ0v) is 12.9. The molecule has 0 fully saturated rings. The van der Waals surface area contributed by atoms with Crippen LogP contribution in [0.25, 0.3) is 10.9 Å². The van der Waals surface area contributed by atoms with E-state index in [1.54, 1.807) is 0 Å². The molecule has 6 heteroatoms. The van der Waals surface area contributed by atoms with Gasteiger partial charge in [0.2, 0.25) is 5.95 Å². The molecule has 6 nitrogen and oxygen atoms in total. The summed E-state index contributed by atoms with van der Waals surface area (Å²) in [6, 6.07) is 6.21. The monoisotopic (exact) mass is 297 g/mol. The summed E-state index contributed by atoms with van der Waals surface area (Å²) in [6.45, 7) is 4.25. The van der Waals surface area contributed by atoms with Crippen molar-refractivity contribution in [3.63, 3.8) is 0 Å². The van der Waals surface area contributed by atoms with Crippen molar-refractivity contribution >= 4 is 22.7 Å². The highest BCUT2D eigenvalue weighted by atomic mass is 16.5. The summed E-state index contributed by atoms with van der Waals surface area (Å²) in [5.74, 6) is 1.84. The molecule has 0 aliphatic heterocycles. The average molecular weight is 297 g/mol. The van der Waals surface area contributed by atoms with Gasteiger partial charge in [-0.15, -0.1) is 0 Å². The van der Waals surface area contributed by atoms with Gasteiger partial charge >= 0.3 is 0 Å². The smallest absolute Gasteiger partial charge is 0.222 e. The zero-order chi connectivity index (χ0) is 15.9.